The summed E-state index contributed by atoms with van der Waals surface area (Å²) < 4.78 is 14.9. The summed E-state index contributed by atoms with van der Waals surface area (Å²) in [6, 6.07) is 0. The van der Waals surface area contributed by atoms with E-state index < -0.39 is 7.94 Å². The van der Waals surface area contributed by atoms with E-state index in [1.165, 1.54) is 0 Å². The predicted molar refractivity (Wildman–Crippen MR) is 27.1 cm³/mol. The highest BCUT2D eigenvalue weighted by atomic mass is 31.2. The van der Waals surface area contributed by atoms with E-state index in [2.05, 4.69) is 0 Å². The molecule has 0 amide bonds. The third-order valence-electron chi connectivity index (χ3n) is 1.17. The molecule has 5 heteroatoms. The van der Waals surface area contributed by atoms with Crippen molar-refractivity contribution < 1.29 is 13.9 Å². The third kappa shape index (κ3) is 0.385. The molecule has 0 spiro atoms. The van der Waals surface area contributed by atoms with Crippen LogP contribution < -0.4 is 0 Å². The summed E-state index contributed by atoms with van der Waals surface area (Å²) in [5.74, 6) is 0. The van der Waals surface area contributed by atoms with Crippen LogP contribution in [0.3, 0.4) is 0 Å². The van der Waals surface area contributed by atoms with Gasteiger partial charge in [-0.05, 0) is 27.7 Å². The molecule has 3 aliphatic rings. The van der Waals surface area contributed by atoms with Crippen LogP contribution in [0.5, 0.6) is 0 Å². The number of hydrogen-bond acceptors (Lipinski definition) is 4. The molecular formula is C3H7NO3P+. The summed E-state index contributed by atoms with van der Waals surface area (Å²) >= 11 is 0. The maximum absolute atomic E-state index is 4.98. The maximum atomic E-state index is 4.98. The Morgan fingerprint density at radius 1 is 1.25 bits per heavy atom. The molecule has 4 nitrogen and oxygen atoms in total. The first-order chi connectivity index (χ1) is 3.73. The fraction of sp³-hybridized carbons (Fsp3) is 1.00. The van der Waals surface area contributed by atoms with Crippen LogP contribution in [0.1, 0.15) is 13.8 Å². The molecule has 0 aromatic carbocycles. The second-order valence-electron chi connectivity index (χ2n) is 2.10. The second-order valence-corrected chi connectivity index (χ2v) is 4.70. The summed E-state index contributed by atoms with van der Waals surface area (Å²) in [5.41, 5.74) is 0.368. The van der Waals surface area contributed by atoms with Crippen LogP contribution in [-0.2, 0) is 13.9 Å². The Morgan fingerprint density at radius 3 is 1.75 bits per heavy atom. The minimum Gasteiger partial charge on any atom is -0.0203 e. The lowest BCUT2D eigenvalue weighted by molar-refractivity contribution is -0.576. The summed E-state index contributed by atoms with van der Waals surface area (Å²) in [6.07, 6.45) is 0. The zero-order chi connectivity index (χ0) is 5.78. The lowest BCUT2D eigenvalue weighted by atomic mass is 10.6. The number of hydrogen-bond donors (Lipinski definition) is 0. The third-order valence-corrected chi connectivity index (χ3v) is 3.52. The van der Waals surface area contributed by atoms with Gasteiger partial charge >= 0.3 is 7.94 Å². The van der Waals surface area contributed by atoms with Crippen LogP contribution in [0.25, 0.3) is 0 Å². The molecule has 0 radical (unpaired) electrons. The van der Waals surface area contributed by atoms with Gasteiger partial charge in [-0.15, -0.1) is 0 Å². The molecule has 3 fully saturated rings. The zero-order valence-corrected chi connectivity index (χ0v) is 5.59. The molecule has 3 heterocycles. The van der Waals surface area contributed by atoms with E-state index in [-0.39, 0.29) is 0 Å². The van der Waals surface area contributed by atoms with E-state index in [0.717, 1.165) is 5.39 Å². The first-order valence-electron chi connectivity index (χ1n) is 2.51. The van der Waals surface area contributed by atoms with Crippen molar-refractivity contribution in [3.63, 3.8) is 0 Å². The number of rotatable bonds is 1. The van der Waals surface area contributed by atoms with E-state index in [9.17, 15) is 0 Å². The Labute approximate surface area is 47.8 Å². The largest absolute Gasteiger partial charge is 0.497 e. The molecule has 0 atom stereocenters. The van der Waals surface area contributed by atoms with Crippen molar-refractivity contribution >= 4 is 7.94 Å². The van der Waals surface area contributed by atoms with Gasteiger partial charge in [0.2, 0.25) is 5.39 Å². The van der Waals surface area contributed by atoms with Gasteiger partial charge in [-0.3, -0.25) is 0 Å². The SMILES string of the molecule is CC(C)[P+]12ON(O1)O2. The molecule has 0 unspecified atom stereocenters. The predicted octanol–water partition coefficient (Wildman–Crippen LogP) is 1.28. The van der Waals surface area contributed by atoms with Gasteiger partial charge in [0, 0.05) is 0 Å². The van der Waals surface area contributed by atoms with Crippen molar-refractivity contribution in [1.29, 1.82) is 0 Å². The zero-order valence-electron chi connectivity index (χ0n) is 4.70. The molecule has 8 heavy (non-hydrogen) atoms. The van der Waals surface area contributed by atoms with E-state index in [0.29, 0.717) is 5.66 Å². The smallest absolute Gasteiger partial charge is 0.0203 e. The van der Waals surface area contributed by atoms with Crippen LogP contribution in [0.2, 0.25) is 0 Å². The van der Waals surface area contributed by atoms with Crippen molar-refractivity contribution in [2.24, 2.45) is 0 Å². The molecular weight excluding hydrogens is 129 g/mol. The van der Waals surface area contributed by atoms with Gasteiger partial charge in [0.1, 0.15) is 0 Å². The maximum Gasteiger partial charge on any atom is 0.497 e. The Kier molecular flexibility index (Phi) is 0.779. The van der Waals surface area contributed by atoms with Crippen LogP contribution in [0, 0.1) is 0 Å². The normalized spacial score (nSPS) is 50.6. The second kappa shape index (κ2) is 1.23. The summed E-state index contributed by atoms with van der Waals surface area (Å²) in [4.78, 5) is 0. The molecule has 0 saturated carbocycles. The van der Waals surface area contributed by atoms with Crippen molar-refractivity contribution in [3.05, 3.63) is 0 Å². The summed E-state index contributed by atoms with van der Waals surface area (Å²) in [6.45, 7) is 4.04. The monoisotopic (exact) mass is 136 g/mol. The minimum atomic E-state index is -1.75. The summed E-state index contributed by atoms with van der Waals surface area (Å²) in [7, 11) is -1.75. The Morgan fingerprint density at radius 2 is 1.75 bits per heavy atom. The van der Waals surface area contributed by atoms with Gasteiger partial charge in [0.15, 0.2) is 5.66 Å². The fourth-order valence-electron chi connectivity index (χ4n) is 0.580. The van der Waals surface area contributed by atoms with E-state index >= 15 is 0 Å². The Bertz CT molecular complexity index is 111. The van der Waals surface area contributed by atoms with Gasteiger partial charge < -0.3 is 0 Å². The van der Waals surface area contributed by atoms with Gasteiger partial charge in [-0.1, -0.05) is 0 Å². The average molecular weight is 136 g/mol. The molecule has 0 aliphatic carbocycles. The number of nitrogens with zero attached hydrogens (tertiary/aromatic N) is 1. The quantitative estimate of drug-likeness (QED) is 0.508. The van der Waals surface area contributed by atoms with Crippen LogP contribution in [0.15, 0.2) is 0 Å². The highest BCUT2D eigenvalue weighted by molar-refractivity contribution is 7.64. The Balaban J connectivity index is 2.04. The topological polar surface area (TPSA) is 30.9 Å². The molecule has 0 aromatic heterocycles. The lowest BCUT2D eigenvalue weighted by Gasteiger charge is -2.43. The average Bonchev–Trinajstić information content (AvgIpc) is 1.16. The van der Waals surface area contributed by atoms with Crippen LogP contribution >= 0.6 is 7.94 Å². The molecule has 3 rings (SSSR count). The molecule has 3 saturated heterocycles. The van der Waals surface area contributed by atoms with E-state index in [1.807, 2.05) is 13.8 Å². The highest BCUT2D eigenvalue weighted by Gasteiger charge is 2.81. The minimum absolute atomic E-state index is 0.368. The van der Waals surface area contributed by atoms with Gasteiger partial charge in [0.05, 0.1) is 0 Å². The summed E-state index contributed by atoms with van der Waals surface area (Å²) in [5, 5.41) is 1.05. The first-order valence-corrected chi connectivity index (χ1v) is 4.12. The molecule has 0 N–H and O–H groups in total. The van der Waals surface area contributed by atoms with Gasteiger partial charge in [-0.2, -0.15) is 0 Å². The van der Waals surface area contributed by atoms with Crippen molar-refractivity contribution in [1.82, 2.24) is 5.39 Å². The standard InChI is InChI=1S/C3H7NO3P/c1-3(2)8-5-4(6-8)7-8/h3H,1-2H3/q+1. The molecule has 2 bridgehead atoms. The van der Waals surface area contributed by atoms with E-state index in [1.54, 1.807) is 0 Å². The van der Waals surface area contributed by atoms with Gasteiger partial charge in [-0.25, -0.2) is 0 Å². The van der Waals surface area contributed by atoms with Gasteiger partial charge in [0.25, 0.3) is 0 Å². The van der Waals surface area contributed by atoms with Crippen LogP contribution in [-0.4, -0.2) is 11.0 Å². The van der Waals surface area contributed by atoms with Crippen molar-refractivity contribution in [2.45, 2.75) is 19.5 Å². The van der Waals surface area contributed by atoms with Crippen molar-refractivity contribution in [2.75, 3.05) is 0 Å². The van der Waals surface area contributed by atoms with E-state index in [4.69, 9.17) is 13.9 Å². The molecule has 46 valence electrons. The van der Waals surface area contributed by atoms with Crippen molar-refractivity contribution in [3.8, 4) is 0 Å². The molecule has 3 aliphatic heterocycles. The first kappa shape index (κ1) is 5.09. The lowest BCUT2D eigenvalue weighted by Crippen LogP contribution is -2.52. The fourth-order valence-corrected chi connectivity index (χ4v) is 1.74. The van der Waals surface area contributed by atoms with Crippen LogP contribution in [0.4, 0.5) is 0 Å². The highest BCUT2D eigenvalue weighted by Crippen LogP contribution is 2.84. The Hall–Kier alpha value is 0.270. The molecule has 0 aromatic rings.